The Morgan fingerprint density at radius 1 is 1.03 bits per heavy atom. The van der Waals surface area contributed by atoms with Crippen LogP contribution in [0, 0.1) is 0 Å². The van der Waals surface area contributed by atoms with E-state index in [9.17, 15) is 9.59 Å². The Hall–Kier alpha value is -4.28. The zero-order chi connectivity index (χ0) is 26.0. The number of hydroxylamine groups is 1. The molecule has 10 nitrogen and oxygen atoms in total. The molecule has 3 N–H and O–H groups in total. The number of amides is 2. The summed E-state index contributed by atoms with van der Waals surface area (Å²) in [6.07, 6.45) is 2.22. The van der Waals surface area contributed by atoms with E-state index in [1.54, 1.807) is 47.7 Å². The van der Waals surface area contributed by atoms with E-state index < -0.39 is 5.91 Å². The molecule has 1 heterocycles. The summed E-state index contributed by atoms with van der Waals surface area (Å²) >= 11 is 0. The Morgan fingerprint density at radius 3 is 2.57 bits per heavy atom. The summed E-state index contributed by atoms with van der Waals surface area (Å²) < 4.78 is 12.1. The molecule has 0 fully saturated rings. The van der Waals surface area contributed by atoms with Gasteiger partial charge in [-0.1, -0.05) is 47.7 Å². The molecule has 0 aliphatic rings. The number of nitrogens with one attached hydrogen (secondary N) is 2. The fourth-order valence-electron chi connectivity index (χ4n) is 3.95. The lowest BCUT2D eigenvalue weighted by atomic mass is 10.00. The van der Waals surface area contributed by atoms with E-state index >= 15 is 0 Å². The lowest BCUT2D eigenvalue weighted by Crippen LogP contribution is -2.25. The summed E-state index contributed by atoms with van der Waals surface area (Å²) in [6, 6.07) is 20.6. The molecule has 0 aliphatic carbocycles. The molecule has 10 heteroatoms. The number of nitrogens with zero attached hydrogens (tertiary/aromatic N) is 3. The molecule has 0 aliphatic heterocycles. The summed E-state index contributed by atoms with van der Waals surface area (Å²) in [5.41, 5.74) is 3.74. The third-order valence-electron chi connectivity index (χ3n) is 5.87. The first-order valence-electron chi connectivity index (χ1n) is 11.9. The van der Waals surface area contributed by atoms with Crippen molar-refractivity contribution in [3.8, 4) is 5.75 Å². The zero-order valence-corrected chi connectivity index (χ0v) is 20.5. The minimum absolute atomic E-state index is 0.0112. The van der Waals surface area contributed by atoms with Crippen LogP contribution >= 0.6 is 0 Å². The van der Waals surface area contributed by atoms with E-state index in [0.717, 1.165) is 16.3 Å². The first kappa shape index (κ1) is 25.8. The van der Waals surface area contributed by atoms with Gasteiger partial charge >= 0.3 is 0 Å². The lowest BCUT2D eigenvalue weighted by Gasteiger charge is -2.16. The number of hydrogen-bond donors (Lipinski definition) is 3. The summed E-state index contributed by atoms with van der Waals surface area (Å²) in [7, 11) is 1.60. The van der Waals surface area contributed by atoms with E-state index in [1.165, 1.54) is 0 Å². The predicted octanol–water partition coefficient (Wildman–Crippen LogP) is 3.07. The second-order valence-electron chi connectivity index (χ2n) is 8.52. The molecule has 1 aromatic heterocycles. The van der Waals surface area contributed by atoms with E-state index in [4.69, 9.17) is 14.7 Å². The third-order valence-corrected chi connectivity index (χ3v) is 5.87. The minimum Gasteiger partial charge on any atom is -0.491 e. The van der Waals surface area contributed by atoms with Crippen molar-refractivity contribution >= 4 is 22.6 Å². The van der Waals surface area contributed by atoms with Gasteiger partial charge in [0.15, 0.2) is 0 Å². The van der Waals surface area contributed by atoms with E-state index in [0.29, 0.717) is 36.6 Å². The fraction of sp³-hybridized carbons (Fsp3) is 0.259. The number of aromatic nitrogens is 3. The molecule has 4 aromatic rings. The normalized spacial score (nSPS) is 11.7. The molecule has 4 rings (SSSR count). The van der Waals surface area contributed by atoms with Gasteiger partial charge in [0, 0.05) is 12.7 Å². The highest BCUT2D eigenvalue weighted by Crippen LogP contribution is 2.22. The van der Waals surface area contributed by atoms with Gasteiger partial charge in [-0.05, 0) is 47.0 Å². The Balaban J connectivity index is 1.39. The largest absolute Gasteiger partial charge is 0.491 e. The van der Waals surface area contributed by atoms with Crippen molar-refractivity contribution in [3.63, 3.8) is 0 Å². The van der Waals surface area contributed by atoms with Crippen molar-refractivity contribution in [2.75, 3.05) is 20.3 Å². The monoisotopic (exact) mass is 503 g/mol. The van der Waals surface area contributed by atoms with E-state index in [-0.39, 0.29) is 24.9 Å². The molecule has 3 aromatic carbocycles. The number of carbonyl (C=O) groups excluding carboxylic acids is 2. The van der Waals surface area contributed by atoms with Crippen LogP contribution in [0.25, 0.3) is 10.8 Å². The number of methoxy groups -OCH3 is 1. The second-order valence-corrected chi connectivity index (χ2v) is 8.52. The molecule has 1 atom stereocenters. The number of ether oxygens (including phenoxy) is 2. The van der Waals surface area contributed by atoms with Gasteiger partial charge < -0.3 is 14.8 Å². The molecule has 0 unspecified atom stereocenters. The van der Waals surface area contributed by atoms with Gasteiger partial charge in [-0.15, -0.1) is 5.10 Å². The number of benzene rings is 3. The van der Waals surface area contributed by atoms with E-state index in [1.807, 2.05) is 36.4 Å². The van der Waals surface area contributed by atoms with Gasteiger partial charge in [0.05, 0.1) is 31.8 Å². The second kappa shape index (κ2) is 12.6. The predicted molar refractivity (Wildman–Crippen MR) is 136 cm³/mol. The summed E-state index contributed by atoms with van der Waals surface area (Å²) in [5, 5.41) is 22.5. The highest BCUT2D eigenvalue weighted by Gasteiger charge is 2.19. The van der Waals surface area contributed by atoms with Crippen LogP contribution in [0.5, 0.6) is 5.75 Å². The van der Waals surface area contributed by atoms with Crippen LogP contribution in [0.2, 0.25) is 0 Å². The molecule has 0 spiro atoms. The van der Waals surface area contributed by atoms with Crippen molar-refractivity contribution in [1.29, 1.82) is 0 Å². The van der Waals surface area contributed by atoms with Crippen LogP contribution in [0.3, 0.4) is 0 Å². The lowest BCUT2D eigenvalue weighted by molar-refractivity contribution is -0.130. The number of carbonyl (C=O) groups is 2. The molecule has 37 heavy (non-hydrogen) atoms. The van der Waals surface area contributed by atoms with Crippen LogP contribution in [0.4, 0.5) is 0 Å². The molecular weight excluding hydrogens is 474 g/mol. The number of hydrogen-bond acceptors (Lipinski definition) is 7. The zero-order valence-electron chi connectivity index (χ0n) is 20.5. The fourth-order valence-corrected chi connectivity index (χ4v) is 3.95. The van der Waals surface area contributed by atoms with Crippen LogP contribution in [-0.2, 0) is 22.5 Å². The SMILES string of the molecule is COCCOc1ccc(C(=O)NCc2cn([C@@H](CC(=O)NO)Cc3ccc4ccccc4c3)nn2)cc1. The summed E-state index contributed by atoms with van der Waals surface area (Å²) in [5.74, 6) is -0.128. The Labute approximate surface area is 214 Å². The maximum Gasteiger partial charge on any atom is 0.251 e. The molecule has 0 saturated heterocycles. The first-order valence-corrected chi connectivity index (χ1v) is 11.9. The Kier molecular flexibility index (Phi) is 8.79. The average molecular weight is 504 g/mol. The highest BCUT2D eigenvalue weighted by atomic mass is 16.5. The molecule has 0 radical (unpaired) electrons. The number of rotatable bonds is 12. The van der Waals surface area contributed by atoms with Crippen LogP contribution in [0.1, 0.15) is 34.1 Å². The molecule has 2 amide bonds. The van der Waals surface area contributed by atoms with Crippen molar-refractivity contribution in [3.05, 3.63) is 89.7 Å². The van der Waals surface area contributed by atoms with Gasteiger partial charge in [0.1, 0.15) is 18.1 Å². The minimum atomic E-state index is -0.522. The van der Waals surface area contributed by atoms with Crippen LogP contribution in [-0.4, -0.2) is 52.3 Å². The standard InChI is InChI=1S/C27H29N5O5/c1-36-12-13-37-25-10-8-21(9-11-25)27(34)28-17-23-18-32(31-29-23)24(16-26(33)30-35)15-19-6-7-20-4-2-3-5-22(20)14-19/h2-11,14,18,24,35H,12-13,15-17H2,1H3,(H,28,34)(H,30,33)/t24-/m1/s1. The summed E-state index contributed by atoms with van der Waals surface area (Å²) in [4.78, 5) is 24.5. The van der Waals surface area contributed by atoms with Gasteiger partial charge in [0.2, 0.25) is 5.91 Å². The average Bonchev–Trinajstić information content (AvgIpc) is 3.41. The smallest absolute Gasteiger partial charge is 0.251 e. The summed E-state index contributed by atoms with van der Waals surface area (Å²) in [6.45, 7) is 1.08. The topological polar surface area (TPSA) is 128 Å². The van der Waals surface area contributed by atoms with Crippen molar-refractivity contribution in [2.45, 2.75) is 25.4 Å². The molecule has 0 saturated carbocycles. The Bertz CT molecular complexity index is 1340. The van der Waals surface area contributed by atoms with E-state index in [2.05, 4.69) is 21.7 Å². The van der Waals surface area contributed by atoms with Crippen LogP contribution < -0.4 is 15.5 Å². The third kappa shape index (κ3) is 7.12. The van der Waals surface area contributed by atoms with Gasteiger partial charge in [-0.3, -0.25) is 14.8 Å². The Morgan fingerprint density at radius 2 is 1.81 bits per heavy atom. The maximum atomic E-state index is 12.6. The quantitative estimate of drug-likeness (QED) is 0.154. The molecular formula is C27H29N5O5. The maximum absolute atomic E-state index is 12.6. The number of fused-ring (bicyclic) bond motifs is 1. The van der Waals surface area contributed by atoms with Gasteiger partial charge in [0.25, 0.3) is 5.91 Å². The highest BCUT2D eigenvalue weighted by molar-refractivity contribution is 5.94. The first-order chi connectivity index (χ1) is 18.1. The molecule has 192 valence electrons. The van der Waals surface area contributed by atoms with Gasteiger partial charge in [-0.25, -0.2) is 10.2 Å². The molecule has 0 bridgehead atoms. The van der Waals surface area contributed by atoms with Crippen molar-refractivity contribution in [1.82, 2.24) is 25.8 Å². The van der Waals surface area contributed by atoms with Gasteiger partial charge in [-0.2, -0.15) is 0 Å². The van der Waals surface area contributed by atoms with Crippen LogP contribution in [0.15, 0.2) is 72.9 Å². The van der Waals surface area contributed by atoms with Crippen molar-refractivity contribution in [2.24, 2.45) is 0 Å². The van der Waals surface area contributed by atoms with Crippen molar-refractivity contribution < 1.29 is 24.3 Å².